The fourth-order valence-corrected chi connectivity index (χ4v) is 2.17. The van der Waals surface area contributed by atoms with Crippen molar-refractivity contribution in [3.63, 3.8) is 0 Å². The van der Waals surface area contributed by atoms with E-state index in [9.17, 15) is 4.39 Å². The molecule has 0 atom stereocenters. The van der Waals surface area contributed by atoms with Crippen LogP contribution in [0, 0.1) is 5.82 Å². The normalized spacial score (nSPS) is 10.8. The van der Waals surface area contributed by atoms with Gasteiger partial charge in [-0.25, -0.2) is 4.39 Å². The Bertz CT molecular complexity index is 793. The lowest BCUT2D eigenvalue weighted by molar-refractivity contribution is 0.413. The maximum atomic E-state index is 14.2. The zero-order valence-corrected chi connectivity index (χ0v) is 11.6. The number of aromatic nitrogens is 4. The van der Waals surface area contributed by atoms with E-state index < -0.39 is 5.82 Å². The number of rotatable bonds is 3. The molecule has 0 spiro atoms. The van der Waals surface area contributed by atoms with Crippen molar-refractivity contribution in [2.24, 2.45) is 7.05 Å². The molecule has 108 valence electrons. The second-order valence-corrected chi connectivity index (χ2v) is 4.65. The summed E-state index contributed by atoms with van der Waals surface area (Å²) >= 11 is 0. The molecule has 0 amide bonds. The van der Waals surface area contributed by atoms with Crippen LogP contribution in [0.25, 0.3) is 22.5 Å². The van der Waals surface area contributed by atoms with Gasteiger partial charge in [0.25, 0.3) is 0 Å². The number of H-pyrrole nitrogens is 1. The van der Waals surface area contributed by atoms with Gasteiger partial charge in [-0.1, -0.05) is 0 Å². The second kappa shape index (κ2) is 4.93. The highest BCUT2D eigenvalue weighted by Gasteiger charge is 2.16. The third-order valence-electron chi connectivity index (χ3n) is 3.14. The molecular formula is C14H14FN5O. The van der Waals surface area contributed by atoms with Gasteiger partial charge in [0, 0.05) is 30.6 Å². The predicted octanol–water partition coefficient (Wildman–Crippen LogP) is 2.21. The molecule has 7 heteroatoms. The van der Waals surface area contributed by atoms with Gasteiger partial charge in [-0.3, -0.25) is 9.78 Å². The fourth-order valence-electron chi connectivity index (χ4n) is 2.17. The minimum atomic E-state index is -0.465. The third kappa shape index (κ3) is 2.33. The first kappa shape index (κ1) is 13.2. The standard InChI is InChI=1S/C14H14FN5O/c1-20-7-8(6-17-20)11-5-12(19-18-11)14-10(15)3-9(16)4-13(14)21-2/h3-7H,16H2,1-2H3,(H,18,19). The molecule has 0 radical (unpaired) electrons. The Morgan fingerprint density at radius 3 is 2.81 bits per heavy atom. The predicted molar refractivity (Wildman–Crippen MR) is 77.1 cm³/mol. The average molecular weight is 287 g/mol. The number of nitrogens with zero attached hydrogens (tertiary/aromatic N) is 3. The van der Waals surface area contributed by atoms with Crippen molar-refractivity contribution in [1.29, 1.82) is 0 Å². The Morgan fingerprint density at radius 1 is 1.33 bits per heavy atom. The lowest BCUT2D eigenvalue weighted by atomic mass is 10.1. The molecule has 0 aliphatic rings. The molecule has 0 bridgehead atoms. The zero-order chi connectivity index (χ0) is 15.0. The highest BCUT2D eigenvalue weighted by Crippen LogP contribution is 2.34. The highest BCUT2D eigenvalue weighted by atomic mass is 19.1. The first-order valence-electron chi connectivity index (χ1n) is 6.26. The van der Waals surface area contributed by atoms with Gasteiger partial charge in [0.05, 0.1) is 30.3 Å². The largest absolute Gasteiger partial charge is 0.496 e. The van der Waals surface area contributed by atoms with Crippen LogP contribution < -0.4 is 10.5 Å². The van der Waals surface area contributed by atoms with Crippen molar-refractivity contribution in [2.45, 2.75) is 0 Å². The van der Waals surface area contributed by atoms with Crippen molar-refractivity contribution in [2.75, 3.05) is 12.8 Å². The number of hydrogen-bond donors (Lipinski definition) is 2. The number of anilines is 1. The molecule has 3 aromatic rings. The van der Waals surface area contributed by atoms with E-state index in [1.165, 1.54) is 13.2 Å². The summed E-state index contributed by atoms with van der Waals surface area (Å²) in [6.07, 6.45) is 3.52. The fraction of sp³-hybridized carbons (Fsp3) is 0.143. The average Bonchev–Trinajstić information content (AvgIpc) is 3.06. The van der Waals surface area contributed by atoms with Crippen LogP contribution in [0.5, 0.6) is 5.75 Å². The van der Waals surface area contributed by atoms with Crippen LogP contribution in [0.15, 0.2) is 30.6 Å². The molecule has 1 aromatic carbocycles. The number of halogens is 1. The molecular weight excluding hydrogens is 273 g/mol. The highest BCUT2D eigenvalue weighted by molar-refractivity contribution is 5.74. The van der Waals surface area contributed by atoms with Crippen molar-refractivity contribution in [1.82, 2.24) is 20.0 Å². The second-order valence-electron chi connectivity index (χ2n) is 4.65. The van der Waals surface area contributed by atoms with Gasteiger partial charge in [-0.15, -0.1) is 0 Å². The molecule has 0 saturated carbocycles. The molecule has 3 rings (SSSR count). The molecule has 0 aliphatic carbocycles. The summed E-state index contributed by atoms with van der Waals surface area (Å²) in [5.74, 6) is -0.109. The Labute approximate surface area is 120 Å². The van der Waals surface area contributed by atoms with Crippen LogP contribution in [0.2, 0.25) is 0 Å². The Balaban J connectivity index is 2.08. The summed E-state index contributed by atoms with van der Waals surface area (Å²) in [4.78, 5) is 0. The first-order valence-corrected chi connectivity index (χ1v) is 6.26. The monoisotopic (exact) mass is 287 g/mol. The van der Waals surface area contributed by atoms with Gasteiger partial charge in [0.2, 0.25) is 0 Å². The summed E-state index contributed by atoms with van der Waals surface area (Å²) in [5.41, 5.74) is 8.27. The molecule has 3 N–H and O–H groups in total. The van der Waals surface area contributed by atoms with E-state index in [2.05, 4.69) is 15.3 Å². The van der Waals surface area contributed by atoms with Crippen molar-refractivity contribution >= 4 is 5.69 Å². The number of hydrogen-bond acceptors (Lipinski definition) is 4. The van der Waals surface area contributed by atoms with E-state index in [4.69, 9.17) is 10.5 Å². The number of aryl methyl sites for hydroxylation is 1. The van der Waals surface area contributed by atoms with Crippen LogP contribution in [-0.4, -0.2) is 27.1 Å². The molecule has 0 saturated heterocycles. The van der Waals surface area contributed by atoms with Crippen LogP contribution in [-0.2, 0) is 7.05 Å². The quantitative estimate of drug-likeness (QED) is 0.724. The number of benzene rings is 1. The van der Waals surface area contributed by atoms with E-state index in [0.29, 0.717) is 28.4 Å². The van der Waals surface area contributed by atoms with E-state index in [1.54, 1.807) is 23.0 Å². The molecule has 2 aromatic heterocycles. The van der Waals surface area contributed by atoms with E-state index in [1.807, 2.05) is 13.2 Å². The van der Waals surface area contributed by atoms with Gasteiger partial charge in [0.1, 0.15) is 11.6 Å². The van der Waals surface area contributed by atoms with Gasteiger partial charge >= 0.3 is 0 Å². The molecule has 0 fully saturated rings. The summed E-state index contributed by atoms with van der Waals surface area (Å²) in [6.45, 7) is 0. The number of methoxy groups -OCH3 is 1. The Morgan fingerprint density at radius 2 is 2.14 bits per heavy atom. The van der Waals surface area contributed by atoms with Crippen LogP contribution in [0.4, 0.5) is 10.1 Å². The Kier molecular flexibility index (Phi) is 3.09. The van der Waals surface area contributed by atoms with Gasteiger partial charge in [-0.2, -0.15) is 10.2 Å². The molecule has 2 heterocycles. The zero-order valence-electron chi connectivity index (χ0n) is 11.6. The number of nitrogens with two attached hydrogens (primary N) is 1. The lowest BCUT2D eigenvalue weighted by Crippen LogP contribution is -1.95. The van der Waals surface area contributed by atoms with Gasteiger partial charge in [0.15, 0.2) is 0 Å². The summed E-state index contributed by atoms with van der Waals surface area (Å²) in [5, 5.41) is 11.1. The lowest BCUT2D eigenvalue weighted by Gasteiger charge is -2.08. The van der Waals surface area contributed by atoms with Crippen LogP contribution in [0.1, 0.15) is 0 Å². The third-order valence-corrected chi connectivity index (χ3v) is 3.14. The number of aromatic amines is 1. The van der Waals surface area contributed by atoms with Crippen molar-refractivity contribution < 1.29 is 9.13 Å². The first-order chi connectivity index (χ1) is 10.1. The Hall–Kier alpha value is -2.83. The SMILES string of the molecule is COc1cc(N)cc(F)c1-c1cc(-c2cnn(C)c2)n[nH]1. The van der Waals surface area contributed by atoms with E-state index in [-0.39, 0.29) is 0 Å². The van der Waals surface area contributed by atoms with Crippen LogP contribution >= 0.6 is 0 Å². The van der Waals surface area contributed by atoms with Crippen molar-refractivity contribution in [3.8, 4) is 28.3 Å². The number of nitrogen functional groups attached to an aromatic ring is 1. The van der Waals surface area contributed by atoms with E-state index >= 15 is 0 Å². The van der Waals surface area contributed by atoms with Crippen molar-refractivity contribution in [3.05, 3.63) is 36.4 Å². The smallest absolute Gasteiger partial charge is 0.138 e. The topological polar surface area (TPSA) is 81.8 Å². The number of nitrogens with one attached hydrogen (secondary N) is 1. The summed E-state index contributed by atoms with van der Waals surface area (Å²) in [6, 6.07) is 4.57. The summed E-state index contributed by atoms with van der Waals surface area (Å²) < 4.78 is 21.0. The van der Waals surface area contributed by atoms with Crippen LogP contribution in [0.3, 0.4) is 0 Å². The van der Waals surface area contributed by atoms with Gasteiger partial charge < -0.3 is 10.5 Å². The maximum Gasteiger partial charge on any atom is 0.138 e. The minimum Gasteiger partial charge on any atom is -0.496 e. The molecule has 0 unspecified atom stereocenters. The van der Waals surface area contributed by atoms with E-state index in [0.717, 1.165) is 5.56 Å². The molecule has 0 aliphatic heterocycles. The van der Waals surface area contributed by atoms with Gasteiger partial charge in [-0.05, 0) is 12.1 Å². The molecule has 21 heavy (non-hydrogen) atoms. The number of ether oxygens (including phenoxy) is 1. The maximum absolute atomic E-state index is 14.2. The molecule has 6 nitrogen and oxygen atoms in total. The summed E-state index contributed by atoms with van der Waals surface area (Å²) in [7, 11) is 3.29. The minimum absolute atomic E-state index is 0.300.